The van der Waals surface area contributed by atoms with Gasteiger partial charge in [-0.3, -0.25) is 5.32 Å². The quantitative estimate of drug-likeness (QED) is 0.730. The van der Waals surface area contributed by atoms with Gasteiger partial charge in [0.25, 0.3) is 0 Å². The molecule has 0 aliphatic carbocycles. The van der Waals surface area contributed by atoms with Crippen LogP contribution in [0.5, 0.6) is 0 Å². The van der Waals surface area contributed by atoms with Crippen LogP contribution < -0.4 is 5.32 Å². The highest BCUT2D eigenvalue weighted by Gasteiger charge is 2.16. The van der Waals surface area contributed by atoms with E-state index in [1.54, 1.807) is 7.05 Å². The number of aryl methyl sites for hydroxylation is 1. The normalized spacial score (nSPS) is 14.0. The third-order valence-electron chi connectivity index (χ3n) is 2.71. The average Bonchev–Trinajstić information content (AvgIpc) is 2.15. The van der Waals surface area contributed by atoms with Gasteiger partial charge in [0.05, 0.1) is 0 Å². The highest BCUT2D eigenvalue weighted by Crippen LogP contribution is 2.26. The fourth-order valence-electron chi connectivity index (χ4n) is 1.56. The van der Waals surface area contributed by atoms with E-state index in [4.69, 9.17) is 0 Å². The van der Waals surface area contributed by atoms with Gasteiger partial charge in [-0.15, -0.1) is 0 Å². The van der Waals surface area contributed by atoms with E-state index in [-0.39, 0.29) is 5.41 Å². The molecule has 2 N–H and O–H groups in total. The fourth-order valence-corrected chi connectivity index (χ4v) is 1.56. The molecule has 1 unspecified atom stereocenters. The molecular formula is C13H21NO. The zero-order chi connectivity index (χ0) is 11.6. The maximum atomic E-state index is 9.79. The van der Waals surface area contributed by atoms with Gasteiger partial charge in [-0.25, -0.2) is 0 Å². The maximum Gasteiger partial charge on any atom is 0.131 e. The average molecular weight is 207 g/mol. The Morgan fingerprint density at radius 2 is 1.87 bits per heavy atom. The standard InChI is InChI=1S/C13H21NO/c1-9-6-7-10(13(2,3)4)8-11(9)12(15)14-5/h6-8,12,14-15H,1-5H3. The number of aliphatic hydroxyl groups excluding tert-OH is 1. The molecule has 2 nitrogen and oxygen atoms in total. The lowest BCUT2D eigenvalue weighted by atomic mass is 9.85. The number of hydrogen-bond acceptors (Lipinski definition) is 2. The summed E-state index contributed by atoms with van der Waals surface area (Å²) in [6, 6.07) is 6.27. The van der Waals surface area contributed by atoms with E-state index in [1.807, 2.05) is 6.92 Å². The minimum absolute atomic E-state index is 0.121. The molecule has 0 aromatic heterocycles. The van der Waals surface area contributed by atoms with Crippen LogP contribution in [0.15, 0.2) is 18.2 Å². The zero-order valence-corrected chi connectivity index (χ0v) is 10.3. The smallest absolute Gasteiger partial charge is 0.131 e. The summed E-state index contributed by atoms with van der Waals surface area (Å²) in [4.78, 5) is 0. The van der Waals surface area contributed by atoms with E-state index < -0.39 is 6.23 Å². The summed E-state index contributed by atoms with van der Waals surface area (Å²) in [5.41, 5.74) is 3.45. The van der Waals surface area contributed by atoms with Crippen LogP contribution in [0, 0.1) is 6.92 Å². The molecule has 1 aromatic carbocycles. The Kier molecular flexibility index (Phi) is 3.53. The van der Waals surface area contributed by atoms with Crippen molar-refractivity contribution in [2.24, 2.45) is 0 Å². The maximum absolute atomic E-state index is 9.79. The van der Waals surface area contributed by atoms with Crippen LogP contribution in [0.2, 0.25) is 0 Å². The van der Waals surface area contributed by atoms with Gasteiger partial charge in [0.1, 0.15) is 6.23 Å². The van der Waals surface area contributed by atoms with Crippen LogP contribution in [-0.4, -0.2) is 12.2 Å². The van der Waals surface area contributed by atoms with Crippen molar-refractivity contribution in [3.8, 4) is 0 Å². The summed E-state index contributed by atoms with van der Waals surface area (Å²) in [6.07, 6.45) is -0.577. The van der Waals surface area contributed by atoms with Gasteiger partial charge in [0.15, 0.2) is 0 Å². The number of nitrogens with one attached hydrogen (secondary N) is 1. The van der Waals surface area contributed by atoms with Crippen molar-refractivity contribution in [2.45, 2.75) is 39.3 Å². The molecule has 0 aliphatic heterocycles. The van der Waals surface area contributed by atoms with Crippen molar-refractivity contribution < 1.29 is 5.11 Å². The molecule has 84 valence electrons. The fraction of sp³-hybridized carbons (Fsp3) is 0.538. The van der Waals surface area contributed by atoms with Gasteiger partial charge >= 0.3 is 0 Å². The highest BCUT2D eigenvalue weighted by molar-refractivity contribution is 5.35. The van der Waals surface area contributed by atoms with E-state index in [0.29, 0.717) is 0 Å². The first-order valence-corrected chi connectivity index (χ1v) is 5.32. The molecule has 0 bridgehead atoms. The summed E-state index contributed by atoms with van der Waals surface area (Å²) in [5.74, 6) is 0. The number of benzene rings is 1. The molecular weight excluding hydrogens is 186 g/mol. The highest BCUT2D eigenvalue weighted by atomic mass is 16.3. The van der Waals surface area contributed by atoms with Crippen LogP contribution >= 0.6 is 0 Å². The summed E-state index contributed by atoms with van der Waals surface area (Å²) in [6.45, 7) is 8.54. The molecule has 2 heteroatoms. The Hall–Kier alpha value is -0.860. The second kappa shape index (κ2) is 4.33. The van der Waals surface area contributed by atoms with E-state index >= 15 is 0 Å². The van der Waals surface area contributed by atoms with Crippen LogP contribution in [-0.2, 0) is 5.41 Å². The van der Waals surface area contributed by atoms with Crippen LogP contribution in [0.25, 0.3) is 0 Å². The SMILES string of the molecule is CNC(O)c1cc(C(C)(C)C)ccc1C. The minimum Gasteiger partial charge on any atom is -0.374 e. The van der Waals surface area contributed by atoms with Gasteiger partial charge in [0, 0.05) is 0 Å². The first kappa shape index (κ1) is 12.2. The molecule has 1 atom stereocenters. The molecule has 1 aromatic rings. The van der Waals surface area contributed by atoms with Crippen LogP contribution in [0.3, 0.4) is 0 Å². The van der Waals surface area contributed by atoms with Crippen molar-refractivity contribution in [1.29, 1.82) is 0 Å². The molecule has 0 heterocycles. The molecule has 0 spiro atoms. The first-order valence-electron chi connectivity index (χ1n) is 5.32. The van der Waals surface area contributed by atoms with E-state index in [1.165, 1.54) is 5.56 Å². The van der Waals surface area contributed by atoms with Crippen molar-refractivity contribution >= 4 is 0 Å². The molecule has 1 rings (SSSR count). The summed E-state index contributed by atoms with van der Waals surface area (Å²) in [5, 5.41) is 12.6. The molecule has 0 saturated carbocycles. The number of aliphatic hydroxyl groups is 1. The molecule has 0 saturated heterocycles. The lowest BCUT2D eigenvalue weighted by Crippen LogP contribution is -2.18. The van der Waals surface area contributed by atoms with E-state index in [2.05, 4.69) is 44.3 Å². The minimum atomic E-state index is -0.577. The van der Waals surface area contributed by atoms with Crippen molar-refractivity contribution in [2.75, 3.05) is 7.05 Å². The molecule has 0 radical (unpaired) electrons. The topological polar surface area (TPSA) is 32.3 Å². The van der Waals surface area contributed by atoms with Gasteiger partial charge in [0.2, 0.25) is 0 Å². The summed E-state index contributed by atoms with van der Waals surface area (Å²) < 4.78 is 0. The Bertz CT molecular complexity index is 339. The first-order chi connectivity index (χ1) is 6.86. The third-order valence-corrected chi connectivity index (χ3v) is 2.71. The van der Waals surface area contributed by atoms with E-state index in [0.717, 1.165) is 11.1 Å². The van der Waals surface area contributed by atoms with Crippen molar-refractivity contribution in [1.82, 2.24) is 5.32 Å². The molecule has 0 fully saturated rings. The van der Waals surface area contributed by atoms with Gasteiger partial charge in [-0.05, 0) is 36.1 Å². The van der Waals surface area contributed by atoms with Gasteiger partial charge in [-0.1, -0.05) is 39.0 Å². The Labute approximate surface area is 92.3 Å². The van der Waals surface area contributed by atoms with Crippen molar-refractivity contribution in [3.05, 3.63) is 34.9 Å². The Morgan fingerprint density at radius 1 is 1.27 bits per heavy atom. The molecule has 0 aliphatic rings. The number of rotatable bonds is 2. The zero-order valence-electron chi connectivity index (χ0n) is 10.3. The molecule has 15 heavy (non-hydrogen) atoms. The Morgan fingerprint density at radius 3 is 2.33 bits per heavy atom. The van der Waals surface area contributed by atoms with Crippen molar-refractivity contribution in [3.63, 3.8) is 0 Å². The summed E-state index contributed by atoms with van der Waals surface area (Å²) in [7, 11) is 1.76. The Balaban J connectivity index is 3.17. The van der Waals surface area contributed by atoms with Crippen LogP contribution in [0.1, 0.15) is 43.7 Å². The predicted octanol–water partition coefficient (Wildman–Crippen LogP) is 2.50. The lowest BCUT2D eigenvalue weighted by Gasteiger charge is -2.22. The second-order valence-corrected chi connectivity index (χ2v) is 5.01. The van der Waals surface area contributed by atoms with Crippen LogP contribution in [0.4, 0.5) is 0 Å². The lowest BCUT2D eigenvalue weighted by molar-refractivity contribution is 0.148. The second-order valence-electron chi connectivity index (χ2n) is 5.01. The number of hydrogen-bond donors (Lipinski definition) is 2. The third kappa shape index (κ3) is 2.80. The monoisotopic (exact) mass is 207 g/mol. The largest absolute Gasteiger partial charge is 0.374 e. The van der Waals surface area contributed by atoms with E-state index in [9.17, 15) is 5.11 Å². The van der Waals surface area contributed by atoms with Gasteiger partial charge < -0.3 is 5.11 Å². The summed E-state index contributed by atoms with van der Waals surface area (Å²) >= 11 is 0. The van der Waals surface area contributed by atoms with Gasteiger partial charge in [-0.2, -0.15) is 0 Å². The predicted molar refractivity (Wildman–Crippen MR) is 63.9 cm³/mol. The molecule has 0 amide bonds.